The van der Waals surface area contributed by atoms with E-state index in [0.717, 1.165) is 21.7 Å². The maximum absolute atomic E-state index is 11.7. The molecular formula is C17H17NO2S. The Morgan fingerprint density at radius 1 is 1.14 bits per heavy atom. The predicted octanol–water partition coefficient (Wildman–Crippen LogP) is 3.32. The van der Waals surface area contributed by atoms with Crippen molar-refractivity contribution >= 4 is 29.1 Å². The van der Waals surface area contributed by atoms with Crippen LogP contribution in [-0.2, 0) is 11.2 Å². The quantitative estimate of drug-likeness (QED) is 0.657. The van der Waals surface area contributed by atoms with Crippen molar-refractivity contribution < 1.29 is 9.59 Å². The van der Waals surface area contributed by atoms with E-state index >= 15 is 0 Å². The number of carbonyl (C=O) groups excluding carboxylic acids is 2. The van der Waals surface area contributed by atoms with Crippen molar-refractivity contribution in [1.29, 1.82) is 0 Å². The zero-order chi connectivity index (χ0) is 15.1. The molecule has 0 atom stereocenters. The molecule has 0 aliphatic carbocycles. The van der Waals surface area contributed by atoms with Crippen molar-refractivity contribution in [2.24, 2.45) is 0 Å². The van der Waals surface area contributed by atoms with Gasteiger partial charge in [0.15, 0.2) is 5.78 Å². The van der Waals surface area contributed by atoms with Gasteiger partial charge in [-0.05, 0) is 37.1 Å². The van der Waals surface area contributed by atoms with Crippen LogP contribution in [0.25, 0.3) is 6.08 Å². The van der Waals surface area contributed by atoms with Crippen molar-refractivity contribution in [3.05, 3.63) is 63.9 Å². The van der Waals surface area contributed by atoms with Gasteiger partial charge in [-0.25, -0.2) is 0 Å². The number of Topliss-reactive ketones (excluding diaryl/α,β-unsaturated/α-hetero) is 1. The normalized spacial score (nSPS) is 10.7. The molecule has 0 bridgehead atoms. The summed E-state index contributed by atoms with van der Waals surface area (Å²) in [6, 6.07) is 13.5. The molecule has 2 aromatic rings. The van der Waals surface area contributed by atoms with Crippen LogP contribution >= 0.6 is 11.3 Å². The second kappa shape index (κ2) is 7.55. The van der Waals surface area contributed by atoms with E-state index in [0.29, 0.717) is 6.54 Å². The third-order valence-electron chi connectivity index (χ3n) is 2.91. The van der Waals surface area contributed by atoms with E-state index in [1.165, 1.54) is 17.4 Å². The van der Waals surface area contributed by atoms with Crippen molar-refractivity contribution in [3.63, 3.8) is 0 Å². The molecule has 2 rings (SSSR count). The number of benzene rings is 1. The molecule has 0 aliphatic rings. The minimum absolute atomic E-state index is 0.0843. The summed E-state index contributed by atoms with van der Waals surface area (Å²) in [5, 5.41) is 2.84. The summed E-state index contributed by atoms with van der Waals surface area (Å²) < 4.78 is 0. The van der Waals surface area contributed by atoms with E-state index in [2.05, 4.69) is 5.32 Å². The van der Waals surface area contributed by atoms with Gasteiger partial charge in [-0.15, -0.1) is 11.3 Å². The molecule has 0 radical (unpaired) electrons. The molecule has 4 heteroatoms. The van der Waals surface area contributed by atoms with Crippen LogP contribution in [0, 0.1) is 0 Å². The number of hydrogen-bond acceptors (Lipinski definition) is 3. The Hall–Kier alpha value is -2.20. The largest absolute Gasteiger partial charge is 0.352 e. The topological polar surface area (TPSA) is 46.2 Å². The fraction of sp³-hybridized carbons (Fsp3) is 0.176. The van der Waals surface area contributed by atoms with Crippen LogP contribution in [0.5, 0.6) is 0 Å². The molecule has 1 aromatic heterocycles. The Labute approximate surface area is 128 Å². The van der Waals surface area contributed by atoms with Crippen LogP contribution in [0.4, 0.5) is 0 Å². The summed E-state index contributed by atoms with van der Waals surface area (Å²) in [4.78, 5) is 24.7. The monoisotopic (exact) mass is 299 g/mol. The molecule has 0 aliphatic heterocycles. The maximum Gasteiger partial charge on any atom is 0.244 e. The number of amides is 1. The van der Waals surface area contributed by atoms with Crippen molar-refractivity contribution in [1.82, 2.24) is 5.32 Å². The van der Waals surface area contributed by atoms with E-state index < -0.39 is 0 Å². The number of carbonyl (C=O) groups is 2. The van der Waals surface area contributed by atoms with Crippen LogP contribution in [0.15, 0.2) is 48.5 Å². The fourth-order valence-corrected chi connectivity index (χ4v) is 2.71. The minimum Gasteiger partial charge on any atom is -0.352 e. The van der Waals surface area contributed by atoms with Gasteiger partial charge in [0.2, 0.25) is 5.91 Å². The first kappa shape index (κ1) is 15.2. The molecule has 0 saturated carbocycles. The number of hydrogen-bond donors (Lipinski definition) is 1. The van der Waals surface area contributed by atoms with Gasteiger partial charge in [0.1, 0.15) is 0 Å². The van der Waals surface area contributed by atoms with Gasteiger partial charge >= 0.3 is 0 Å². The lowest BCUT2D eigenvalue weighted by molar-refractivity contribution is -0.116. The summed E-state index contributed by atoms with van der Waals surface area (Å²) in [5.74, 6) is -0.0247. The van der Waals surface area contributed by atoms with Crippen LogP contribution in [-0.4, -0.2) is 18.2 Å². The van der Waals surface area contributed by atoms with Gasteiger partial charge < -0.3 is 5.32 Å². The Kier molecular flexibility index (Phi) is 5.46. The van der Waals surface area contributed by atoms with E-state index in [1.54, 1.807) is 13.0 Å². The molecule has 1 heterocycles. The molecule has 1 N–H and O–H groups in total. The summed E-state index contributed by atoms with van der Waals surface area (Å²) in [7, 11) is 0. The lowest BCUT2D eigenvalue weighted by atomic mass is 10.2. The third kappa shape index (κ3) is 5.00. The molecule has 1 amide bonds. The van der Waals surface area contributed by atoms with Crippen LogP contribution in [0.1, 0.15) is 27.0 Å². The highest BCUT2D eigenvalue weighted by atomic mass is 32.1. The highest BCUT2D eigenvalue weighted by Gasteiger charge is 2.04. The summed E-state index contributed by atoms with van der Waals surface area (Å²) in [5.41, 5.74) is 0.997. The molecule has 0 unspecified atom stereocenters. The second-order valence-corrected chi connectivity index (χ2v) is 5.78. The van der Waals surface area contributed by atoms with Gasteiger partial charge in [-0.1, -0.05) is 30.3 Å². The third-order valence-corrected chi connectivity index (χ3v) is 4.15. The average Bonchev–Trinajstić information content (AvgIpc) is 2.95. The van der Waals surface area contributed by atoms with E-state index in [-0.39, 0.29) is 11.7 Å². The van der Waals surface area contributed by atoms with Gasteiger partial charge in [0, 0.05) is 17.5 Å². The molecule has 21 heavy (non-hydrogen) atoms. The standard InChI is InChI=1S/C17H17NO2S/c1-13(19)16-9-8-15(21-16)11-12-18-17(20)10-7-14-5-3-2-4-6-14/h2-10H,11-12H2,1H3,(H,18,20)/b10-7+. The first-order valence-corrected chi connectivity index (χ1v) is 7.57. The second-order valence-electron chi connectivity index (χ2n) is 4.61. The first-order chi connectivity index (χ1) is 10.1. The minimum atomic E-state index is -0.109. The summed E-state index contributed by atoms with van der Waals surface area (Å²) in [6.07, 6.45) is 4.06. The van der Waals surface area contributed by atoms with Crippen LogP contribution < -0.4 is 5.32 Å². The van der Waals surface area contributed by atoms with Gasteiger partial charge in [-0.3, -0.25) is 9.59 Å². The van der Waals surface area contributed by atoms with Crippen LogP contribution in [0.3, 0.4) is 0 Å². The predicted molar refractivity (Wildman–Crippen MR) is 86.5 cm³/mol. The maximum atomic E-state index is 11.7. The lowest BCUT2D eigenvalue weighted by Crippen LogP contribution is -2.23. The molecule has 0 fully saturated rings. The average molecular weight is 299 g/mol. The van der Waals surface area contributed by atoms with Crippen molar-refractivity contribution in [2.75, 3.05) is 6.54 Å². The smallest absolute Gasteiger partial charge is 0.244 e. The number of thiophene rings is 1. The van der Waals surface area contributed by atoms with E-state index in [9.17, 15) is 9.59 Å². The summed E-state index contributed by atoms with van der Waals surface area (Å²) in [6.45, 7) is 2.13. The van der Waals surface area contributed by atoms with Gasteiger partial charge in [0.05, 0.1) is 4.88 Å². The number of rotatable bonds is 6. The zero-order valence-corrected chi connectivity index (χ0v) is 12.7. The molecule has 3 nitrogen and oxygen atoms in total. The Morgan fingerprint density at radius 2 is 1.90 bits per heavy atom. The number of ketones is 1. The van der Waals surface area contributed by atoms with Gasteiger partial charge in [-0.2, -0.15) is 0 Å². The number of nitrogens with one attached hydrogen (secondary N) is 1. The molecule has 0 spiro atoms. The Bertz CT molecular complexity index is 644. The SMILES string of the molecule is CC(=O)c1ccc(CCNC(=O)/C=C/c2ccccc2)s1. The fourth-order valence-electron chi connectivity index (χ4n) is 1.81. The van der Waals surface area contributed by atoms with E-state index in [1.807, 2.05) is 42.5 Å². The van der Waals surface area contributed by atoms with Crippen LogP contribution in [0.2, 0.25) is 0 Å². The molecule has 1 aromatic carbocycles. The first-order valence-electron chi connectivity index (χ1n) is 6.76. The Morgan fingerprint density at radius 3 is 2.57 bits per heavy atom. The molecule has 0 saturated heterocycles. The van der Waals surface area contributed by atoms with Gasteiger partial charge in [0.25, 0.3) is 0 Å². The Balaban J connectivity index is 1.76. The van der Waals surface area contributed by atoms with E-state index in [4.69, 9.17) is 0 Å². The summed E-state index contributed by atoms with van der Waals surface area (Å²) >= 11 is 1.48. The van der Waals surface area contributed by atoms with Crippen molar-refractivity contribution in [3.8, 4) is 0 Å². The highest BCUT2D eigenvalue weighted by Crippen LogP contribution is 2.17. The zero-order valence-electron chi connectivity index (χ0n) is 11.8. The lowest BCUT2D eigenvalue weighted by Gasteiger charge is -2.00. The molecular weight excluding hydrogens is 282 g/mol. The molecule has 108 valence electrons. The van der Waals surface area contributed by atoms with Crippen molar-refractivity contribution in [2.45, 2.75) is 13.3 Å². The highest BCUT2D eigenvalue weighted by molar-refractivity contribution is 7.14.